The van der Waals surface area contributed by atoms with Crippen LogP contribution < -0.4 is 10.5 Å². The number of methoxy groups -OCH3 is 2. The van der Waals surface area contributed by atoms with Crippen LogP contribution in [0.1, 0.15) is 11.1 Å². The molecule has 0 heterocycles. The lowest BCUT2D eigenvalue weighted by molar-refractivity contribution is 0.0196. The highest BCUT2D eigenvalue weighted by Crippen LogP contribution is 2.20. The maximum Gasteiger partial charge on any atom is 0.170 e. The molecular formula is C14H22N2O5. The molecule has 0 aromatic heterocycles. The first kappa shape index (κ1) is 17.2. The van der Waals surface area contributed by atoms with Gasteiger partial charge in [0, 0.05) is 18.2 Å². The lowest BCUT2D eigenvalue weighted by Crippen LogP contribution is -2.14. The maximum atomic E-state index is 8.70. The molecule has 7 heteroatoms. The third-order valence-electron chi connectivity index (χ3n) is 2.75. The predicted octanol–water partition coefficient (Wildman–Crippen LogP) is 0.969. The molecule has 7 nitrogen and oxygen atoms in total. The van der Waals surface area contributed by atoms with Crippen molar-refractivity contribution in [3.63, 3.8) is 0 Å². The van der Waals surface area contributed by atoms with Gasteiger partial charge in [-0.1, -0.05) is 5.16 Å². The van der Waals surface area contributed by atoms with Crippen molar-refractivity contribution in [2.75, 3.05) is 40.6 Å². The summed E-state index contributed by atoms with van der Waals surface area (Å²) in [6.07, 6.45) is 0. The molecule has 0 amide bonds. The maximum absolute atomic E-state index is 8.70. The van der Waals surface area contributed by atoms with E-state index in [0.29, 0.717) is 44.3 Å². The van der Waals surface area contributed by atoms with Crippen LogP contribution in [0.25, 0.3) is 0 Å². The van der Waals surface area contributed by atoms with Gasteiger partial charge in [0.2, 0.25) is 0 Å². The molecule has 0 fully saturated rings. The Bertz CT molecular complexity index is 451. The Morgan fingerprint density at radius 3 is 2.52 bits per heavy atom. The second-order valence-electron chi connectivity index (χ2n) is 4.17. The summed E-state index contributed by atoms with van der Waals surface area (Å²) in [5, 5.41) is 11.7. The van der Waals surface area contributed by atoms with Gasteiger partial charge in [0.25, 0.3) is 0 Å². The number of rotatable bonds is 10. The van der Waals surface area contributed by atoms with Gasteiger partial charge < -0.3 is 29.9 Å². The molecule has 1 aromatic carbocycles. The highest BCUT2D eigenvalue weighted by Gasteiger charge is 2.07. The largest absolute Gasteiger partial charge is 0.496 e. The average molecular weight is 298 g/mol. The third-order valence-corrected chi connectivity index (χ3v) is 2.75. The number of amidine groups is 1. The number of ether oxygens (including phenoxy) is 4. The zero-order valence-corrected chi connectivity index (χ0v) is 12.4. The van der Waals surface area contributed by atoms with Gasteiger partial charge in [-0.25, -0.2) is 0 Å². The Morgan fingerprint density at radius 2 is 1.86 bits per heavy atom. The summed E-state index contributed by atoms with van der Waals surface area (Å²) in [5.41, 5.74) is 6.99. The van der Waals surface area contributed by atoms with E-state index in [2.05, 4.69) is 5.16 Å². The Kier molecular flexibility index (Phi) is 8.18. The Labute approximate surface area is 124 Å². The van der Waals surface area contributed by atoms with Crippen molar-refractivity contribution in [3.05, 3.63) is 29.3 Å². The molecule has 1 aromatic rings. The summed E-state index contributed by atoms with van der Waals surface area (Å²) in [7, 11) is 3.20. The fourth-order valence-corrected chi connectivity index (χ4v) is 1.65. The second kappa shape index (κ2) is 9.98. The summed E-state index contributed by atoms with van der Waals surface area (Å²) >= 11 is 0. The van der Waals surface area contributed by atoms with Gasteiger partial charge >= 0.3 is 0 Å². The van der Waals surface area contributed by atoms with E-state index in [0.717, 1.165) is 5.56 Å². The Balaban J connectivity index is 2.49. The van der Waals surface area contributed by atoms with E-state index in [4.69, 9.17) is 29.9 Å². The number of hydrogen-bond donors (Lipinski definition) is 2. The van der Waals surface area contributed by atoms with Crippen molar-refractivity contribution < 1.29 is 24.2 Å². The topological polar surface area (TPSA) is 95.5 Å². The van der Waals surface area contributed by atoms with Gasteiger partial charge in [-0.05, 0) is 18.2 Å². The van der Waals surface area contributed by atoms with Gasteiger partial charge in [-0.15, -0.1) is 0 Å². The minimum Gasteiger partial charge on any atom is -0.496 e. The average Bonchev–Trinajstić information content (AvgIpc) is 2.53. The fraction of sp³-hybridized carbons (Fsp3) is 0.500. The molecule has 0 aliphatic heterocycles. The fourth-order valence-electron chi connectivity index (χ4n) is 1.65. The van der Waals surface area contributed by atoms with Crippen LogP contribution in [-0.2, 0) is 20.8 Å². The van der Waals surface area contributed by atoms with Crippen LogP contribution in [-0.4, -0.2) is 51.7 Å². The Morgan fingerprint density at radius 1 is 1.14 bits per heavy atom. The SMILES string of the molecule is COCCOCCOCc1cc(/C(N)=N/O)ccc1OC. The quantitative estimate of drug-likeness (QED) is 0.220. The van der Waals surface area contributed by atoms with E-state index in [1.165, 1.54) is 0 Å². The van der Waals surface area contributed by atoms with Crippen molar-refractivity contribution in [2.45, 2.75) is 6.61 Å². The van der Waals surface area contributed by atoms with Gasteiger partial charge in [-0.3, -0.25) is 0 Å². The van der Waals surface area contributed by atoms with E-state index in [9.17, 15) is 0 Å². The van der Waals surface area contributed by atoms with Crippen LogP contribution in [0.4, 0.5) is 0 Å². The van der Waals surface area contributed by atoms with Crippen LogP contribution in [0.2, 0.25) is 0 Å². The summed E-state index contributed by atoms with van der Waals surface area (Å²) in [5.74, 6) is 0.728. The van der Waals surface area contributed by atoms with E-state index >= 15 is 0 Å². The van der Waals surface area contributed by atoms with Crippen LogP contribution in [0, 0.1) is 0 Å². The number of nitrogens with zero attached hydrogens (tertiary/aromatic N) is 1. The monoisotopic (exact) mass is 298 g/mol. The van der Waals surface area contributed by atoms with Crippen molar-refractivity contribution in [1.82, 2.24) is 0 Å². The van der Waals surface area contributed by atoms with Crippen molar-refractivity contribution >= 4 is 5.84 Å². The van der Waals surface area contributed by atoms with Gasteiger partial charge in [0.05, 0.1) is 40.1 Å². The normalized spacial score (nSPS) is 11.6. The van der Waals surface area contributed by atoms with Crippen LogP contribution in [0.3, 0.4) is 0 Å². The molecule has 3 N–H and O–H groups in total. The summed E-state index contributed by atoms with van der Waals surface area (Å²) in [4.78, 5) is 0. The van der Waals surface area contributed by atoms with Crippen LogP contribution >= 0.6 is 0 Å². The van der Waals surface area contributed by atoms with Gasteiger partial charge in [-0.2, -0.15) is 0 Å². The van der Waals surface area contributed by atoms with E-state index in [-0.39, 0.29) is 5.84 Å². The first-order chi connectivity index (χ1) is 10.2. The van der Waals surface area contributed by atoms with Crippen molar-refractivity contribution in [1.29, 1.82) is 0 Å². The molecule has 0 spiro atoms. The lowest BCUT2D eigenvalue weighted by atomic mass is 10.1. The van der Waals surface area contributed by atoms with E-state index in [1.54, 1.807) is 32.4 Å². The number of hydrogen-bond acceptors (Lipinski definition) is 6. The number of oxime groups is 1. The molecule has 0 saturated heterocycles. The molecule has 0 saturated carbocycles. The molecule has 0 aliphatic rings. The van der Waals surface area contributed by atoms with Crippen LogP contribution in [0.5, 0.6) is 5.75 Å². The molecule has 0 aliphatic carbocycles. The highest BCUT2D eigenvalue weighted by atomic mass is 16.5. The zero-order chi connectivity index (χ0) is 15.5. The zero-order valence-electron chi connectivity index (χ0n) is 12.4. The Hall–Kier alpha value is -1.83. The molecule has 1 rings (SSSR count). The van der Waals surface area contributed by atoms with Gasteiger partial charge in [0.1, 0.15) is 5.75 Å². The number of nitrogens with two attached hydrogens (primary N) is 1. The smallest absolute Gasteiger partial charge is 0.170 e. The molecular weight excluding hydrogens is 276 g/mol. The summed E-state index contributed by atoms with van der Waals surface area (Å²) < 4.78 is 20.9. The third kappa shape index (κ3) is 5.99. The molecule has 21 heavy (non-hydrogen) atoms. The first-order valence-electron chi connectivity index (χ1n) is 6.52. The molecule has 0 radical (unpaired) electrons. The minimum absolute atomic E-state index is 0.0433. The number of benzene rings is 1. The second-order valence-corrected chi connectivity index (χ2v) is 4.17. The first-order valence-corrected chi connectivity index (χ1v) is 6.52. The summed E-state index contributed by atoms with van der Waals surface area (Å²) in [6.45, 7) is 2.41. The summed E-state index contributed by atoms with van der Waals surface area (Å²) in [6, 6.07) is 5.23. The standard InChI is InChI=1S/C14H22N2O5/c1-18-5-6-20-7-8-21-10-12-9-11(14(15)16-17)3-4-13(12)19-2/h3-4,9,17H,5-8,10H2,1-2H3,(H2,15,16). The molecule has 0 atom stereocenters. The highest BCUT2D eigenvalue weighted by molar-refractivity contribution is 5.97. The molecule has 0 bridgehead atoms. The van der Waals surface area contributed by atoms with Crippen molar-refractivity contribution in [3.8, 4) is 5.75 Å². The molecule has 118 valence electrons. The predicted molar refractivity (Wildman–Crippen MR) is 77.9 cm³/mol. The van der Waals surface area contributed by atoms with Gasteiger partial charge in [0.15, 0.2) is 5.84 Å². The minimum atomic E-state index is 0.0433. The molecule has 0 unspecified atom stereocenters. The van der Waals surface area contributed by atoms with Crippen molar-refractivity contribution in [2.24, 2.45) is 10.9 Å². The lowest BCUT2D eigenvalue weighted by Gasteiger charge is -2.11. The van der Waals surface area contributed by atoms with E-state index in [1.807, 2.05) is 0 Å². The van der Waals surface area contributed by atoms with Crippen LogP contribution in [0.15, 0.2) is 23.4 Å². The van der Waals surface area contributed by atoms with E-state index < -0.39 is 0 Å².